The van der Waals surface area contributed by atoms with Crippen LogP contribution in [0.4, 0.5) is 0 Å². The van der Waals surface area contributed by atoms with Crippen molar-refractivity contribution in [3.63, 3.8) is 0 Å². The third kappa shape index (κ3) is 2.70. The Hall–Kier alpha value is -0.600. The van der Waals surface area contributed by atoms with E-state index in [2.05, 4.69) is 41.8 Å². The molecule has 0 aromatic carbocycles. The van der Waals surface area contributed by atoms with Crippen LogP contribution in [-0.2, 0) is 12.8 Å². The van der Waals surface area contributed by atoms with Crippen LogP contribution in [0.2, 0.25) is 0 Å². The topological polar surface area (TPSA) is 12.0 Å². The first-order valence-electron chi connectivity index (χ1n) is 7.35. The quantitative estimate of drug-likeness (QED) is 0.796. The van der Waals surface area contributed by atoms with Crippen molar-refractivity contribution < 1.29 is 0 Å². The number of fused-ring (bicyclic) bond motifs is 1. The second-order valence-electron chi connectivity index (χ2n) is 5.67. The third-order valence-corrected chi connectivity index (χ3v) is 5.62. The van der Waals surface area contributed by atoms with Crippen LogP contribution in [0.5, 0.6) is 0 Å². The highest BCUT2D eigenvalue weighted by Crippen LogP contribution is 2.33. The number of hydrogen-bond donors (Lipinski definition) is 1. The van der Waals surface area contributed by atoms with Gasteiger partial charge in [-0.05, 0) is 63.5 Å². The fourth-order valence-corrected chi connectivity index (χ4v) is 4.38. The lowest BCUT2D eigenvalue weighted by Crippen LogP contribution is -2.31. The fraction of sp³-hybridized carbons (Fsp3) is 0.625. The molecule has 0 radical (unpaired) electrons. The van der Waals surface area contributed by atoms with E-state index in [1.54, 1.807) is 15.3 Å². The van der Waals surface area contributed by atoms with Crippen molar-refractivity contribution in [2.75, 3.05) is 0 Å². The van der Waals surface area contributed by atoms with Crippen molar-refractivity contribution in [3.8, 4) is 0 Å². The number of hydrogen-bond acceptors (Lipinski definition) is 2. The molecule has 0 saturated carbocycles. The van der Waals surface area contributed by atoms with Crippen LogP contribution in [0.25, 0.3) is 0 Å². The number of thiophene rings is 1. The molecule has 2 heteroatoms. The van der Waals surface area contributed by atoms with Gasteiger partial charge in [0.2, 0.25) is 0 Å². The molecule has 1 aromatic heterocycles. The Morgan fingerprint density at radius 2 is 2.17 bits per heavy atom. The SMILES string of the molecule is CC(NC1CC=CCC1)c1cc2c(s1)CCCC2. The van der Waals surface area contributed by atoms with Crippen LogP contribution in [0.3, 0.4) is 0 Å². The van der Waals surface area contributed by atoms with Crippen molar-refractivity contribution in [1.82, 2.24) is 5.32 Å². The summed E-state index contributed by atoms with van der Waals surface area (Å²) in [6.45, 7) is 2.33. The summed E-state index contributed by atoms with van der Waals surface area (Å²) in [5.74, 6) is 0. The zero-order valence-electron chi connectivity index (χ0n) is 11.2. The van der Waals surface area contributed by atoms with E-state index in [-0.39, 0.29) is 0 Å². The highest BCUT2D eigenvalue weighted by Gasteiger charge is 2.19. The summed E-state index contributed by atoms with van der Waals surface area (Å²) < 4.78 is 0. The number of aryl methyl sites for hydroxylation is 2. The highest BCUT2D eigenvalue weighted by molar-refractivity contribution is 7.12. The van der Waals surface area contributed by atoms with E-state index in [4.69, 9.17) is 0 Å². The van der Waals surface area contributed by atoms with Crippen molar-refractivity contribution in [2.24, 2.45) is 0 Å². The normalized spacial score (nSPS) is 24.8. The van der Waals surface area contributed by atoms with Gasteiger partial charge in [0.1, 0.15) is 0 Å². The van der Waals surface area contributed by atoms with Gasteiger partial charge in [-0.2, -0.15) is 0 Å². The van der Waals surface area contributed by atoms with Crippen LogP contribution in [0, 0.1) is 0 Å². The van der Waals surface area contributed by atoms with Crippen LogP contribution in [-0.4, -0.2) is 6.04 Å². The molecule has 98 valence electrons. The van der Waals surface area contributed by atoms with Gasteiger partial charge in [0.05, 0.1) is 0 Å². The molecule has 2 aliphatic carbocycles. The van der Waals surface area contributed by atoms with Gasteiger partial charge >= 0.3 is 0 Å². The molecule has 0 spiro atoms. The maximum Gasteiger partial charge on any atom is 0.0388 e. The molecule has 0 saturated heterocycles. The Bertz CT molecular complexity index is 409. The first-order valence-corrected chi connectivity index (χ1v) is 8.17. The van der Waals surface area contributed by atoms with Gasteiger partial charge in [0.15, 0.2) is 0 Å². The fourth-order valence-electron chi connectivity index (χ4n) is 3.11. The summed E-state index contributed by atoms with van der Waals surface area (Å²) in [5, 5.41) is 3.80. The molecule has 3 rings (SSSR count). The van der Waals surface area contributed by atoms with E-state index in [1.165, 1.54) is 44.9 Å². The third-order valence-electron chi connectivity index (χ3n) is 4.20. The van der Waals surface area contributed by atoms with Gasteiger partial charge in [0.25, 0.3) is 0 Å². The molecule has 2 unspecified atom stereocenters. The predicted molar refractivity (Wildman–Crippen MR) is 79.3 cm³/mol. The second kappa shape index (κ2) is 5.58. The maximum absolute atomic E-state index is 3.80. The summed E-state index contributed by atoms with van der Waals surface area (Å²) in [6, 6.07) is 3.68. The summed E-state index contributed by atoms with van der Waals surface area (Å²) in [4.78, 5) is 3.21. The lowest BCUT2D eigenvalue weighted by molar-refractivity contribution is 0.429. The smallest absolute Gasteiger partial charge is 0.0388 e. The minimum atomic E-state index is 0.525. The van der Waals surface area contributed by atoms with Gasteiger partial charge < -0.3 is 5.32 Å². The molecule has 1 nitrogen and oxygen atoms in total. The zero-order valence-corrected chi connectivity index (χ0v) is 12.1. The number of rotatable bonds is 3. The number of allylic oxidation sites excluding steroid dienone is 1. The minimum absolute atomic E-state index is 0.525. The summed E-state index contributed by atoms with van der Waals surface area (Å²) in [6.07, 6.45) is 13.8. The van der Waals surface area contributed by atoms with Crippen LogP contribution >= 0.6 is 11.3 Å². The Labute approximate surface area is 114 Å². The molecule has 18 heavy (non-hydrogen) atoms. The van der Waals surface area contributed by atoms with Gasteiger partial charge in [-0.15, -0.1) is 11.3 Å². The number of nitrogens with one attached hydrogen (secondary N) is 1. The molecule has 1 N–H and O–H groups in total. The summed E-state index contributed by atoms with van der Waals surface area (Å²) in [5.41, 5.74) is 1.64. The monoisotopic (exact) mass is 261 g/mol. The second-order valence-corrected chi connectivity index (χ2v) is 6.84. The van der Waals surface area contributed by atoms with Crippen molar-refractivity contribution in [1.29, 1.82) is 0 Å². The Morgan fingerprint density at radius 1 is 1.28 bits per heavy atom. The molecular formula is C16H23NS. The average molecular weight is 261 g/mol. The molecule has 0 amide bonds. The largest absolute Gasteiger partial charge is 0.306 e. The lowest BCUT2D eigenvalue weighted by atomic mass is 9.98. The van der Waals surface area contributed by atoms with E-state index in [0.717, 1.165) is 0 Å². The molecule has 1 heterocycles. The Balaban J connectivity index is 1.66. The Morgan fingerprint density at radius 3 is 2.94 bits per heavy atom. The van der Waals surface area contributed by atoms with Crippen molar-refractivity contribution >= 4 is 11.3 Å². The van der Waals surface area contributed by atoms with Gasteiger partial charge in [-0.25, -0.2) is 0 Å². The molecule has 0 bridgehead atoms. The minimum Gasteiger partial charge on any atom is -0.306 e. The van der Waals surface area contributed by atoms with Crippen LogP contribution in [0.1, 0.15) is 60.4 Å². The van der Waals surface area contributed by atoms with E-state index in [0.29, 0.717) is 12.1 Å². The maximum atomic E-state index is 3.80. The van der Waals surface area contributed by atoms with Gasteiger partial charge in [-0.3, -0.25) is 0 Å². The zero-order chi connectivity index (χ0) is 12.4. The molecule has 0 aliphatic heterocycles. The van der Waals surface area contributed by atoms with E-state index < -0.39 is 0 Å². The van der Waals surface area contributed by atoms with Crippen molar-refractivity contribution in [3.05, 3.63) is 33.5 Å². The summed E-state index contributed by atoms with van der Waals surface area (Å²) >= 11 is 2.05. The Kier molecular flexibility index (Phi) is 3.86. The average Bonchev–Trinajstić information content (AvgIpc) is 2.84. The lowest BCUT2D eigenvalue weighted by Gasteiger charge is -2.23. The van der Waals surface area contributed by atoms with Gasteiger partial charge in [0, 0.05) is 21.8 Å². The predicted octanol–water partition coefficient (Wildman–Crippen LogP) is 4.39. The van der Waals surface area contributed by atoms with E-state index >= 15 is 0 Å². The van der Waals surface area contributed by atoms with E-state index in [9.17, 15) is 0 Å². The molecule has 2 atom stereocenters. The van der Waals surface area contributed by atoms with Crippen molar-refractivity contribution in [2.45, 2.75) is 64.0 Å². The molecule has 1 aromatic rings. The molecular weight excluding hydrogens is 238 g/mol. The first-order chi connectivity index (χ1) is 8.83. The van der Waals surface area contributed by atoms with Gasteiger partial charge in [-0.1, -0.05) is 12.2 Å². The van der Waals surface area contributed by atoms with E-state index in [1.807, 2.05) is 0 Å². The van der Waals surface area contributed by atoms with Crippen LogP contribution in [0.15, 0.2) is 18.2 Å². The molecule has 0 fully saturated rings. The summed E-state index contributed by atoms with van der Waals surface area (Å²) in [7, 11) is 0. The highest BCUT2D eigenvalue weighted by atomic mass is 32.1. The standard InChI is InChI=1S/C16H23NS/c1-12(17-14-8-3-2-4-9-14)16-11-13-7-5-6-10-15(13)18-16/h2-3,11-12,14,17H,4-10H2,1H3. The molecule has 2 aliphatic rings. The first kappa shape index (κ1) is 12.4. The van der Waals surface area contributed by atoms with Crippen LogP contribution < -0.4 is 5.32 Å².